The summed E-state index contributed by atoms with van der Waals surface area (Å²) < 4.78 is 5.59. The molecule has 0 unspecified atom stereocenters. The molecule has 1 saturated heterocycles. The van der Waals surface area contributed by atoms with Gasteiger partial charge >= 0.3 is 0 Å². The standard InChI is InChI=1S/C11H18O/c1-2-4-10-7-11(8-12-11)6-5-9(10)3-1/h9-10H,1-8H2/t9-,10-,11+/m1/s1. The van der Waals surface area contributed by atoms with Crippen LogP contribution in [0.3, 0.4) is 0 Å². The van der Waals surface area contributed by atoms with Crippen molar-refractivity contribution >= 4 is 0 Å². The predicted octanol–water partition coefficient (Wildman–Crippen LogP) is 2.75. The minimum atomic E-state index is 0.415. The number of hydrogen-bond donors (Lipinski definition) is 0. The first-order valence-electron chi connectivity index (χ1n) is 5.52. The monoisotopic (exact) mass is 166 g/mol. The molecule has 0 N–H and O–H groups in total. The van der Waals surface area contributed by atoms with Crippen LogP contribution in [-0.4, -0.2) is 12.2 Å². The second kappa shape index (κ2) is 2.47. The van der Waals surface area contributed by atoms with Crippen molar-refractivity contribution in [1.82, 2.24) is 0 Å². The van der Waals surface area contributed by atoms with E-state index in [9.17, 15) is 0 Å². The predicted molar refractivity (Wildman–Crippen MR) is 48.0 cm³/mol. The highest BCUT2D eigenvalue weighted by molar-refractivity contribution is 4.99. The molecule has 3 aliphatic rings. The number of fused-ring (bicyclic) bond motifs is 1. The van der Waals surface area contributed by atoms with Gasteiger partial charge in [-0.3, -0.25) is 0 Å². The molecule has 0 aromatic heterocycles. The van der Waals surface area contributed by atoms with E-state index < -0.39 is 0 Å². The highest BCUT2D eigenvalue weighted by atomic mass is 16.6. The molecule has 3 fully saturated rings. The zero-order valence-corrected chi connectivity index (χ0v) is 7.72. The summed E-state index contributed by atoms with van der Waals surface area (Å²) in [6.07, 6.45) is 10.2. The quantitative estimate of drug-likeness (QED) is 0.504. The molecular weight excluding hydrogens is 148 g/mol. The molecule has 0 aromatic carbocycles. The topological polar surface area (TPSA) is 12.5 Å². The van der Waals surface area contributed by atoms with Gasteiger partial charge in [0.25, 0.3) is 0 Å². The Bertz CT molecular complexity index is 183. The van der Waals surface area contributed by atoms with Gasteiger partial charge in [-0.05, 0) is 31.1 Å². The van der Waals surface area contributed by atoms with Crippen LogP contribution in [0.25, 0.3) is 0 Å². The molecule has 1 heterocycles. The van der Waals surface area contributed by atoms with Crippen molar-refractivity contribution in [3.8, 4) is 0 Å². The third-order valence-corrected chi connectivity index (χ3v) is 4.22. The van der Waals surface area contributed by atoms with Crippen molar-refractivity contribution in [3.63, 3.8) is 0 Å². The third-order valence-electron chi connectivity index (χ3n) is 4.22. The van der Waals surface area contributed by atoms with Gasteiger partial charge in [-0.15, -0.1) is 0 Å². The van der Waals surface area contributed by atoms with Crippen molar-refractivity contribution in [2.75, 3.05) is 6.61 Å². The van der Waals surface area contributed by atoms with E-state index in [2.05, 4.69) is 0 Å². The first-order chi connectivity index (χ1) is 5.88. The van der Waals surface area contributed by atoms with Crippen LogP contribution in [-0.2, 0) is 4.74 Å². The maximum absolute atomic E-state index is 5.59. The fraction of sp³-hybridized carbons (Fsp3) is 1.00. The largest absolute Gasteiger partial charge is 0.370 e. The van der Waals surface area contributed by atoms with Crippen molar-refractivity contribution in [3.05, 3.63) is 0 Å². The third kappa shape index (κ3) is 1.10. The van der Waals surface area contributed by atoms with Gasteiger partial charge in [-0.1, -0.05) is 25.7 Å². The second-order valence-electron chi connectivity index (χ2n) is 5.02. The first-order valence-corrected chi connectivity index (χ1v) is 5.52. The Morgan fingerprint density at radius 2 is 1.75 bits per heavy atom. The Hall–Kier alpha value is -0.0400. The Morgan fingerprint density at radius 1 is 1.00 bits per heavy atom. The zero-order valence-electron chi connectivity index (χ0n) is 7.72. The Balaban J connectivity index is 1.70. The normalized spacial score (nSPS) is 52.0. The molecule has 3 rings (SSSR count). The van der Waals surface area contributed by atoms with Gasteiger partial charge < -0.3 is 4.74 Å². The van der Waals surface area contributed by atoms with Gasteiger partial charge in [0, 0.05) is 0 Å². The summed E-state index contributed by atoms with van der Waals surface area (Å²) in [5.74, 6) is 2.11. The second-order valence-corrected chi connectivity index (χ2v) is 5.02. The molecule has 2 aliphatic carbocycles. The van der Waals surface area contributed by atoms with Crippen molar-refractivity contribution in [2.45, 2.75) is 50.5 Å². The summed E-state index contributed by atoms with van der Waals surface area (Å²) in [6.45, 7) is 1.08. The lowest BCUT2D eigenvalue weighted by Crippen LogP contribution is -2.32. The average molecular weight is 166 g/mol. The number of hydrogen-bond acceptors (Lipinski definition) is 1. The highest BCUT2D eigenvalue weighted by Gasteiger charge is 2.50. The maximum atomic E-state index is 5.59. The SMILES string of the molecule is C1CC[C@@H]2C[C@@]3(CC[C@H]2C1)CO3. The molecule has 1 aliphatic heterocycles. The summed E-state index contributed by atoms with van der Waals surface area (Å²) in [5, 5.41) is 0. The van der Waals surface area contributed by atoms with Crippen molar-refractivity contribution in [1.29, 1.82) is 0 Å². The molecule has 3 atom stereocenters. The number of rotatable bonds is 0. The summed E-state index contributed by atoms with van der Waals surface area (Å²) in [7, 11) is 0. The minimum Gasteiger partial charge on any atom is -0.370 e. The highest BCUT2D eigenvalue weighted by Crippen LogP contribution is 2.50. The van der Waals surface area contributed by atoms with Crippen LogP contribution in [0.1, 0.15) is 44.9 Å². The van der Waals surface area contributed by atoms with Crippen LogP contribution >= 0.6 is 0 Å². The molecule has 0 aromatic rings. The number of ether oxygens (including phenoxy) is 1. The van der Waals surface area contributed by atoms with Crippen molar-refractivity contribution in [2.24, 2.45) is 11.8 Å². The lowest BCUT2D eigenvalue weighted by atomic mass is 9.67. The Labute approximate surface area is 74.5 Å². The molecule has 1 heteroatoms. The molecule has 12 heavy (non-hydrogen) atoms. The van der Waals surface area contributed by atoms with E-state index in [0.717, 1.165) is 18.4 Å². The average Bonchev–Trinajstić information content (AvgIpc) is 2.85. The van der Waals surface area contributed by atoms with Gasteiger partial charge in [-0.2, -0.15) is 0 Å². The van der Waals surface area contributed by atoms with Crippen LogP contribution in [0.5, 0.6) is 0 Å². The van der Waals surface area contributed by atoms with Gasteiger partial charge in [0.15, 0.2) is 0 Å². The van der Waals surface area contributed by atoms with Crippen LogP contribution in [0.4, 0.5) is 0 Å². The van der Waals surface area contributed by atoms with Crippen molar-refractivity contribution < 1.29 is 4.74 Å². The Morgan fingerprint density at radius 3 is 2.50 bits per heavy atom. The molecule has 2 saturated carbocycles. The maximum Gasteiger partial charge on any atom is 0.0919 e. The molecule has 0 bridgehead atoms. The molecule has 1 spiro atoms. The van der Waals surface area contributed by atoms with Crippen LogP contribution in [0.2, 0.25) is 0 Å². The fourth-order valence-electron chi connectivity index (χ4n) is 3.33. The van der Waals surface area contributed by atoms with Crippen LogP contribution in [0.15, 0.2) is 0 Å². The van der Waals surface area contributed by atoms with E-state index in [1.54, 1.807) is 0 Å². The van der Waals surface area contributed by atoms with Crippen LogP contribution < -0.4 is 0 Å². The Kier molecular flexibility index (Phi) is 1.52. The summed E-state index contributed by atoms with van der Waals surface area (Å²) in [6, 6.07) is 0. The zero-order chi connectivity index (χ0) is 8.02. The summed E-state index contributed by atoms with van der Waals surface area (Å²) in [4.78, 5) is 0. The van der Waals surface area contributed by atoms with Gasteiger partial charge in [-0.25, -0.2) is 0 Å². The fourth-order valence-corrected chi connectivity index (χ4v) is 3.33. The van der Waals surface area contributed by atoms with Gasteiger partial charge in [0.1, 0.15) is 0 Å². The molecule has 1 nitrogen and oxygen atoms in total. The molecular formula is C11H18O. The molecule has 68 valence electrons. The lowest BCUT2D eigenvalue weighted by molar-refractivity contribution is 0.101. The number of epoxide rings is 1. The van der Waals surface area contributed by atoms with Gasteiger partial charge in [0.05, 0.1) is 12.2 Å². The lowest BCUT2D eigenvalue weighted by Gasteiger charge is -2.38. The first kappa shape index (κ1) is 7.37. The van der Waals surface area contributed by atoms with E-state index >= 15 is 0 Å². The van der Waals surface area contributed by atoms with E-state index in [4.69, 9.17) is 4.74 Å². The summed E-state index contributed by atoms with van der Waals surface area (Å²) >= 11 is 0. The van der Waals surface area contributed by atoms with Gasteiger partial charge in [0.2, 0.25) is 0 Å². The van der Waals surface area contributed by atoms with E-state index in [1.165, 1.54) is 44.9 Å². The molecule has 0 radical (unpaired) electrons. The van der Waals surface area contributed by atoms with Crippen LogP contribution in [0, 0.1) is 11.8 Å². The molecule has 0 amide bonds. The minimum absolute atomic E-state index is 0.415. The van der Waals surface area contributed by atoms with E-state index in [0.29, 0.717) is 5.60 Å². The smallest absolute Gasteiger partial charge is 0.0919 e. The van der Waals surface area contributed by atoms with E-state index in [-0.39, 0.29) is 0 Å². The summed E-state index contributed by atoms with van der Waals surface area (Å²) in [5.41, 5.74) is 0.415. The van der Waals surface area contributed by atoms with E-state index in [1.807, 2.05) is 0 Å².